The van der Waals surface area contributed by atoms with Gasteiger partial charge in [0.2, 0.25) is 0 Å². The van der Waals surface area contributed by atoms with Gasteiger partial charge in [-0.05, 0) is 125 Å². The van der Waals surface area contributed by atoms with E-state index in [9.17, 15) is 9.90 Å². The lowest BCUT2D eigenvalue weighted by Crippen LogP contribution is -2.22. The minimum Gasteiger partial charge on any atom is -0.481 e. The van der Waals surface area contributed by atoms with Gasteiger partial charge in [0, 0.05) is 0 Å². The van der Waals surface area contributed by atoms with Crippen molar-refractivity contribution >= 4 is 5.97 Å². The van der Waals surface area contributed by atoms with Gasteiger partial charge >= 0.3 is 5.97 Å². The average Bonchev–Trinajstić information content (AvgIpc) is 2.77. The Hall–Kier alpha value is -2.09. The number of allylic oxidation sites excluding steroid dienone is 11. The highest BCUT2D eigenvalue weighted by atomic mass is 16.4. The van der Waals surface area contributed by atoms with Crippen LogP contribution in [0.2, 0.25) is 0 Å². The minimum atomic E-state index is -0.637. The second kappa shape index (κ2) is 17.4. The van der Waals surface area contributed by atoms with Crippen molar-refractivity contribution in [2.75, 3.05) is 0 Å². The van der Waals surface area contributed by atoms with Gasteiger partial charge in [-0.15, -0.1) is 0 Å². The van der Waals surface area contributed by atoms with Gasteiger partial charge in [0.15, 0.2) is 0 Å². The first kappa shape index (κ1) is 30.9. The first-order valence-corrected chi connectivity index (χ1v) is 13.7. The standard InChI is InChI=1S/C33H52O2/c1-25(2)12-8-14-27(5)16-10-17-29(7)20-21-31-22-30(23-32(24-31)33(34)35)19-11-18-28(6)15-9-13-26(3)4/h12-13,16,18,22,31-32H,7-11,14-15,17,19-21,23-24H2,1-6H3,(H,34,35)/b27-16+,28-18+/t31-,32-/m1/s1. The number of carboxylic acids is 1. The van der Waals surface area contributed by atoms with Gasteiger partial charge in [0.05, 0.1) is 5.92 Å². The van der Waals surface area contributed by atoms with Gasteiger partial charge < -0.3 is 5.11 Å². The van der Waals surface area contributed by atoms with Crippen LogP contribution in [-0.2, 0) is 4.79 Å². The molecule has 0 amide bonds. The zero-order chi connectivity index (χ0) is 26.2. The summed E-state index contributed by atoms with van der Waals surface area (Å²) in [5.41, 5.74) is 8.28. The van der Waals surface area contributed by atoms with E-state index in [-0.39, 0.29) is 5.92 Å². The Bertz CT molecular complexity index is 823. The van der Waals surface area contributed by atoms with Crippen molar-refractivity contribution in [3.05, 3.63) is 70.4 Å². The molecule has 0 heterocycles. The molecule has 0 fully saturated rings. The van der Waals surface area contributed by atoms with Crippen LogP contribution in [0.15, 0.2) is 70.4 Å². The number of aliphatic carboxylic acids is 1. The lowest BCUT2D eigenvalue weighted by molar-refractivity contribution is -0.142. The molecule has 2 atom stereocenters. The van der Waals surface area contributed by atoms with E-state index in [0.29, 0.717) is 12.3 Å². The number of hydrogen-bond donors (Lipinski definition) is 1. The minimum absolute atomic E-state index is 0.234. The number of rotatable bonds is 16. The van der Waals surface area contributed by atoms with Gasteiger partial charge in [-0.1, -0.05) is 70.4 Å². The van der Waals surface area contributed by atoms with Crippen molar-refractivity contribution in [2.24, 2.45) is 11.8 Å². The summed E-state index contributed by atoms with van der Waals surface area (Å²) in [6, 6.07) is 0. The fourth-order valence-corrected chi connectivity index (χ4v) is 4.73. The molecule has 0 bridgehead atoms. The van der Waals surface area contributed by atoms with Crippen LogP contribution in [0.5, 0.6) is 0 Å². The lowest BCUT2D eigenvalue weighted by atomic mass is 9.78. The van der Waals surface area contributed by atoms with E-state index in [2.05, 4.69) is 78.5 Å². The molecule has 1 aliphatic rings. The van der Waals surface area contributed by atoms with E-state index in [1.165, 1.54) is 33.4 Å². The first-order chi connectivity index (χ1) is 16.6. The van der Waals surface area contributed by atoms with Gasteiger partial charge in [-0.3, -0.25) is 4.79 Å². The quantitative estimate of drug-likeness (QED) is 0.223. The molecule has 0 aliphatic heterocycles. The summed E-state index contributed by atoms with van der Waals surface area (Å²) in [5, 5.41) is 9.69. The van der Waals surface area contributed by atoms with Gasteiger partial charge in [-0.2, -0.15) is 0 Å². The molecule has 0 saturated carbocycles. The second-order valence-corrected chi connectivity index (χ2v) is 11.2. The van der Waals surface area contributed by atoms with Crippen molar-refractivity contribution in [3.8, 4) is 0 Å². The highest BCUT2D eigenvalue weighted by Gasteiger charge is 2.27. The Balaban J connectivity index is 2.51. The van der Waals surface area contributed by atoms with Crippen LogP contribution in [0.3, 0.4) is 0 Å². The van der Waals surface area contributed by atoms with E-state index >= 15 is 0 Å². The Morgan fingerprint density at radius 1 is 0.857 bits per heavy atom. The molecule has 1 rings (SSSR count). The van der Waals surface area contributed by atoms with E-state index in [1.807, 2.05) is 0 Å². The molecule has 0 aromatic carbocycles. The van der Waals surface area contributed by atoms with E-state index in [4.69, 9.17) is 0 Å². The van der Waals surface area contributed by atoms with Crippen LogP contribution in [0.4, 0.5) is 0 Å². The van der Waals surface area contributed by atoms with E-state index in [1.54, 1.807) is 0 Å². The maximum atomic E-state index is 11.8. The fourth-order valence-electron chi connectivity index (χ4n) is 4.73. The summed E-state index contributed by atoms with van der Waals surface area (Å²) < 4.78 is 0. The molecule has 0 radical (unpaired) electrons. The Morgan fingerprint density at radius 3 is 1.94 bits per heavy atom. The largest absolute Gasteiger partial charge is 0.481 e. The van der Waals surface area contributed by atoms with Crippen molar-refractivity contribution in [1.82, 2.24) is 0 Å². The predicted molar refractivity (Wildman–Crippen MR) is 154 cm³/mol. The molecule has 0 spiro atoms. The van der Waals surface area contributed by atoms with Gasteiger partial charge in [-0.25, -0.2) is 0 Å². The molecule has 196 valence electrons. The zero-order valence-electron chi connectivity index (χ0n) is 23.6. The molecule has 0 aromatic heterocycles. The summed E-state index contributed by atoms with van der Waals surface area (Å²) in [6.07, 6.45) is 23.7. The molecule has 0 saturated heterocycles. The Kier molecular flexibility index (Phi) is 15.3. The maximum absolute atomic E-state index is 11.8. The molecule has 0 unspecified atom stereocenters. The molecule has 2 nitrogen and oxygen atoms in total. The number of carboxylic acid groups (broad SMARTS) is 1. The number of hydrogen-bond acceptors (Lipinski definition) is 1. The smallest absolute Gasteiger partial charge is 0.306 e. The normalized spacial score (nSPS) is 18.6. The van der Waals surface area contributed by atoms with Crippen LogP contribution in [0.1, 0.15) is 119 Å². The average molecular weight is 481 g/mol. The molecular weight excluding hydrogens is 428 g/mol. The van der Waals surface area contributed by atoms with Crippen molar-refractivity contribution in [2.45, 2.75) is 119 Å². The fraction of sp³-hybridized carbons (Fsp3) is 0.606. The van der Waals surface area contributed by atoms with Gasteiger partial charge in [0.1, 0.15) is 0 Å². The third-order valence-corrected chi connectivity index (χ3v) is 6.92. The zero-order valence-corrected chi connectivity index (χ0v) is 23.6. The highest BCUT2D eigenvalue weighted by Crippen LogP contribution is 2.34. The van der Waals surface area contributed by atoms with Crippen LogP contribution >= 0.6 is 0 Å². The third kappa shape index (κ3) is 15.5. The van der Waals surface area contributed by atoms with Crippen molar-refractivity contribution < 1.29 is 9.90 Å². The molecule has 1 aliphatic carbocycles. The van der Waals surface area contributed by atoms with Crippen molar-refractivity contribution in [1.29, 1.82) is 0 Å². The van der Waals surface area contributed by atoms with E-state index in [0.717, 1.165) is 70.6 Å². The van der Waals surface area contributed by atoms with Crippen LogP contribution in [0.25, 0.3) is 0 Å². The lowest BCUT2D eigenvalue weighted by Gasteiger charge is -2.26. The summed E-state index contributed by atoms with van der Waals surface area (Å²) in [4.78, 5) is 11.8. The SMILES string of the molecule is C=C(CC/C=C(\C)CCC=C(C)C)CC[C@@H]1C=C(CC/C=C(\C)CCC=C(C)C)C[C@@H](C(=O)O)C1. The molecule has 2 heteroatoms. The predicted octanol–water partition coefficient (Wildman–Crippen LogP) is 10.3. The topological polar surface area (TPSA) is 37.3 Å². The summed E-state index contributed by atoms with van der Waals surface area (Å²) >= 11 is 0. The third-order valence-electron chi connectivity index (χ3n) is 6.92. The summed E-state index contributed by atoms with van der Waals surface area (Å²) in [6.45, 7) is 17.3. The Morgan fingerprint density at radius 2 is 1.40 bits per heavy atom. The van der Waals surface area contributed by atoms with Crippen LogP contribution in [-0.4, -0.2) is 11.1 Å². The second-order valence-electron chi connectivity index (χ2n) is 11.2. The highest BCUT2D eigenvalue weighted by molar-refractivity contribution is 5.70. The number of carbonyl (C=O) groups is 1. The molecule has 1 N–H and O–H groups in total. The van der Waals surface area contributed by atoms with Crippen LogP contribution in [0, 0.1) is 11.8 Å². The van der Waals surface area contributed by atoms with Crippen LogP contribution < -0.4 is 0 Å². The molecular formula is C33H52O2. The molecule has 0 aromatic rings. The van der Waals surface area contributed by atoms with Crippen molar-refractivity contribution in [3.63, 3.8) is 0 Å². The summed E-state index contributed by atoms with van der Waals surface area (Å²) in [7, 11) is 0. The first-order valence-electron chi connectivity index (χ1n) is 13.7. The Labute approximate surface area is 216 Å². The molecule has 35 heavy (non-hydrogen) atoms. The monoisotopic (exact) mass is 480 g/mol. The maximum Gasteiger partial charge on any atom is 0.306 e. The summed E-state index contributed by atoms with van der Waals surface area (Å²) in [5.74, 6) is -0.510. The van der Waals surface area contributed by atoms with Gasteiger partial charge in [0.25, 0.3) is 0 Å². The van der Waals surface area contributed by atoms with E-state index < -0.39 is 5.97 Å².